The van der Waals surface area contributed by atoms with Crippen LogP contribution in [-0.4, -0.2) is 36.7 Å². The molecule has 30 heavy (non-hydrogen) atoms. The molecule has 162 valence electrons. The van der Waals surface area contributed by atoms with Crippen molar-refractivity contribution in [3.63, 3.8) is 0 Å². The van der Waals surface area contributed by atoms with Crippen molar-refractivity contribution in [3.05, 3.63) is 52.0 Å². The van der Waals surface area contributed by atoms with Gasteiger partial charge in [-0.15, -0.1) is 11.3 Å². The number of benzene rings is 1. The quantitative estimate of drug-likeness (QED) is 0.642. The zero-order valence-electron chi connectivity index (χ0n) is 17.5. The van der Waals surface area contributed by atoms with Gasteiger partial charge in [0.15, 0.2) is 0 Å². The second-order valence-electron chi connectivity index (χ2n) is 7.52. The smallest absolute Gasteiger partial charge is 0.244 e. The Morgan fingerprint density at radius 1 is 1.20 bits per heavy atom. The standard InChI is InChI=1S/C22H29N3O3S2/c1-3-20(22-23-17(2)16-29-22)24-21(26)13-10-18-8-11-19(12-9-18)30(27,28)25-14-6-4-5-7-15-25/h8-13,16,20H,3-7,14-15H2,1-2H3,(H,24,26)/b13-10+. The summed E-state index contributed by atoms with van der Waals surface area (Å²) >= 11 is 1.54. The lowest BCUT2D eigenvalue weighted by Crippen LogP contribution is -2.31. The number of aryl methyl sites for hydroxylation is 1. The Balaban J connectivity index is 1.63. The first-order valence-electron chi connectivity index (χ1n) is 10.4. The third kappa shape index (κ3) is 5.77. The number of carbonyl (C=O) groups is 1. The van der Waals surface area contributed by atoms with E-state index in [2.05, 4.69) is 10.3 Å². The SMILES string of the molecule is CCC(NC(=O)/C=C/c1ccc(S(=O)(=O)N2CCCCCC2)cc1)c1nc(C)cs1. The predicted molar refractivity (Wildman–Crippen MR) is 121 cm³/mol. The largest absolute Gasteiger partial charge is 0.343 e. The number of hydrogen-bond acceptors (Lipinski definition) is 5. The van der Waals surface area contributed by atoms with Crippen LogP contribution in [-0.2, 0) is 14.8 Å². The molecule has 1 aromatic carbocycles. The molecule has 1 amide bonds. The van der Waals surface area contributed by atoms with Gasteiger partial charge in [-0.1, -0.05) is 31.9 Å². The fourth-order valence-electron chi connectivity index (χ4n) is 3.44. The van der Waals surface area contributed by atoms with E-state index in [1.165, 1.54) is 6.08 Å². The number of thiazole rings is 1. The van der Waals surface area contributed by atoms with E-state index in [4.69, 9.17) is 0 Å². The summed E-state index contributed by atoms with van der Waals surface area (Å²) in [6.45, 7) is 5.11. The highest BCUT2D eigenvalue weighted by atomic mass is 32.2. The molecule has 1 atom stereocenters. The van der Waals surface area contributed by atoms with Gasteiger partial charge in [0, 0.05) is 30.2 Å². The number of rotatable bonds is 7. The van der Waals surface area contributed by atoms with Crippen LogP contribution >= 0.6 is 11.3 Å². The van der Waals surface area contributed by atoms with Gasteiger partial charge in [-0.25, -0.2) is 13.4 Å². The van der Waals surface area contributed by atoms with Crippen molar-refractivity contribution in [2.45, 2.75) is 56.9 Å². The molecule has 2 aromatic rings. The molecule has 3 rings (SSSR count). The molecular weight excluding hydrogens is 418 g/mol. The van der Waals surface area contributed by atoms with Crippen molar-refractivity contribution in [2.24, 2.45) is 0 Å². The van der Waals surface area contributed by atoms with E-state index in [0.29, 0.717) is 18.0 Å². The van der Waals surface area contributed by atoms with E-state index < -0.39 is 10.0 Å². The van der Waals surface area contributed by atoms with E-state index in [9.17, 15) is 13.2 Å². The van der Waals surface area contributed by atoms with E-state index >= 15 is 0 Å². The summed E-state index contributed by atoms with van der Waals surface area (Å²) in [5.41, 5.74) is 1.73. The van der Waals surface area contributed by atoms with Gasteiger partial charge in [0.1, 0.15) is 5.01 Å². The monoisotopic (exact) mass is 447 g/mol. The van der Waals surface area contributed by atoms with Gasteiger partial charge in [-0.3, -0.25) is 4.79 Å². The highest BCUT2D eigenvalue weighted by Crippen LogP contribution is 2.22. The van der Waals surface area contributed by atoms with Crippen LogP contribution in [0.25, 0.3) is 6.08 Å². The normalized spacial score (nSPS) is 17.0. The van der Waals surface area contributed by atoms with E-state index in [0.717, 1.165) is 48.4 Å². The van der Waals surface area contributed by atoms with Crippen LogP contribution < -0.4 is 5.32 Å². The Morgan fingerprint density at radius 3 is 2.43 bits per heavy atom. The summed E-state index contributed by atoms with van der Waals surface area (Å²) in [6, 6.07) is 6.59. The minimum atomic E-state index is -3.46. The molecular formula is C22H29N3O3S2. The Kier molecular flexibility index (Phi) is 7.80. The maximum absolute atomic E-state index is 12.8. The predicted octanol–water partition coefficient (Wildman–Crippen LogP) is 4.30. The molecule has 2 heterocycles. The lowest BCUT2D eigenvalue weighted by atomic mass is 10.2. The van der Waals surface area contributed by atoms with Crippen LogP contribution in [0.1, 0.15) is 61.3 Å². The summed E-state index contributed by atoms with van der Waals surface area (Å²) < 4.78 is 27.3. The van der Waals surface area contributed by atoms with Crippen LogP contribution in [0.4, 0.5) is 0 Å². The molecule has 0 saturated carbocycles. The van der Waals surface area contributed by atoms with Crippen LogP contribution in [0.2, 0.25) is 0 Å². The summed E-state index contributed by atoms with van der Waals surface area (Å²) in [6.07, 6.45) is 7.91. The fraction of sp³-hybridized carbons (Fsp3) is 0.455. The molecule has 1 unspecified atom stereocenters. The van der Waals surface area contributed by atoms with Crippen molar-refractivity contribution in [2.75, 3.05) is 13.1 Å². The maximum atomic E-state index is 12.8. The van der Waals surface area contributed by atoms with Crippen LogP contribution in [0.3, 0.4) is 0 Å². The minimum Gasteiger partial charge on any atom is -0.343 e. The highest BCUT2D eigenvalue weighted by Gasteiger charge is 2.24. The number of sulfonamides is 1. The van der Waals surface area contributed by atoms with E-state index in [1.807, 2.05) is 19.2 Å². The van der Waals surface area contributed by atoms with Gasteiger partial charge in [0.25, 0.3) is 0 Å². The Hall–Kier alpha value is -2.03. The molecule has 0 radical (unpaired) electrons. The maximum Gasteiger partial charge on any atom is 0.244 e. The lowest BCUT2D eigenvalue weighted by molar-refractivity contribution is -0.117. The molecule has 1 fully saturated rings. The average molecular weight is 448 g/mol. The van der Waals surface area contributed by atoms with Crippen molar-refractivity contribution in [1.82, 2.24) is 14.6 Å². The molecule has 0 bridgehead atoms. The van der Waals surface area contributed by atoms with Crippen molar-refractivity contribution in [1.29, 1.82) is 0 Å². The van der Waals surface area contributed by atoms with Gasteiger partial charge < -0.3 is 5.32 Å². The second-order valence-corrected chi connectivity index (χ2v) is 10.3. The number of hydrogen-bond donors (Lipinski definition) is 1. The minimum absolute atomic E-state index is 0.109. The highest BCUT2D eigenvalue weighted by molar-refractivity contribution is 7.89. The van der Waals surface area contributed by atoms with Gasteiger partial charge in [-0.05, 0) is 50.0 Å². The molecule has 1 aromatic heterocycles. The third-order valence-corrected chi connectivity index (χ3v) is 8.16. The number of aromatic nitrogens is 1. The molecule has 1 saturated heterocycles. The van der Waals surface area contributed by atoms with Crippen LogP contribution in [0, 0.1) is 6.92 Å². The third-order valence-electron chi connectivity index (χ3n) is 5.17. The Bertz CT molecular complexity index is 973. The second kappa shape index (κ2) is 10.3. The van der Waals surface area contributed by atoms with Crippen LogP contribution in [0.5, 0.6) is 0 Å². The van der Waals surface area contributed by atoms with Crippen molar-refractivity contribution < 1.29 is 13.2 Å². The van der Waals surface area contributed by atoms with Gasteiger partial charge in [0.05, 0.1) is 10.9 Å². The zero-order chi connectivity index (χ0) is 21.6. The van der Waals surface area contributed by atoms with Crippen molar-refractivity contribution >= 4 is 33.3 Å². The van der Waals surface area contributed by atoms with Gasteiger partial charge in [0.2, 0.25) is 15.9 Å². The fourth-order valence-corrected chi connectivity index (χ4v) is 5.89. The number of amides is 1. The molecule has 8 heteroatoms. The summed E-state index contributed by atoms with van der Waals surface area (Å²) in [7, 11) is -3.46. The summed E-state index contributed by atoms with van der Waals surface area (Å²) in [5.74, 6) is -0.198. The topological polar surface area (TPSA) is 79.4 Å². The molecule has 1 N–H and O–H groups in total. The number of nitrogens with zero attached hydrogens (tertiary/aromatic N) is 2. The molecule has 1 aliphatic rings. The molecule has 6 nitrogen and oxygen atoms in total. The molecule has 0 spiro atoms. The zero-order valence-corrected chi connectivity index (χ0v) is 19.1. The number of nitrogens with one attached hydrogen (secondary N) is 1. The molecule has 1 aliphatic heterocycles. The number of carbonyl (C=O) groups excluding carboxylic acids is 1. The first-order chi connectivity index (χ1) is 14.4. The summed E-state index contributed by atoms with van der Waals surface area (Å²) in [5, 5.41) is 5.85. The first kappa shape index (κ1) is 22.7. The Labute approximate surface area is 183 Å². The van der Waals surface area contributed by atoms with Crippen LogP contribution in [0.15, 0.2) is 40.6 Å². The summed E-state index contributed by atoms with van der Waals surface area (Å²) in [4.78, 5) is 17.1. The molecule has 0 aliphatic carbocycles. The van der Waals surface area contributed by atoms with Gasteiger partial charge >= 0.3 is 0 Å². The average Bonchev–Trinajstić information content (AvgIpc) is 2.99. The van der Waals surface area contributed by atoms with Crippen molar-refractivity contribution in [3.8, 4) is 0 Å². The van der Waals surface area contributed by atoms with E-state index in [-0.39, 0.29) is 11.9 Å². The van der Waals surface area contributed by atoms with Gasteiger partial charge in [-0.2, -0.15) is 4.31 Å². The lowest BCUT2D eigenvalue weighted by Gasteiger charge is -2.19. The first-order valence-corrected chi connectivity index (χ1v) is 12.7. The van der Waals surface area contributed by atoms with E-state index in [1.54, 1.807) is 46.0 Å². The Morgan fingerprint density at radius 2 is 1.87 bits per heavy atom.